The van der Waals surface area contributed by atoms with Crippen LogP contribution in [0.5, 0.6) is 0 Å². The van der Waals surface area contributed by atoms with E-state index in [9.17, 15) is 5.26 Å². The van der Waals surface area contributed by atoms with E-state index >= 15 is 0 Å². The lowest BCUT2D eigenvalue weighted by Gasteiger charge is -2.55. The molecule has 1 heterocycles. The second-order valence-corrected chi connectivity index (χ2v) is 6.99. The maximum atomic E-state index is 9.22. The monoisotopic (exact) mass is 255 g/mol. The van der Waals surface area contributed by atoms with Crippen LogP contribution in [0, 0.1) is 41.9 Å². The Kier molecular flexibility index (Phi) is 2.27. The molecular formula is C16H21N3. The van der Waals surface area contributed by atoms with Gasteiger partial charge in [0.15, 0.2) is 0 Å². The Hall–Kier alpha value is -1.43. The minimum absolute atomic E-state index is 0.609. The van der Waals surface area contributed by atoms with Gasteiger partial charge in [0.1, 0.15) is 6.07 Å². The SMILES string of the molecule is Cc1c(C#N)c(N)cn1C1C2CC3CC(C2)CC1C3. The van der Waals surface area contributed by atoms with Crippen molar-refractivity contribution in [2.75, 3.05) is 5.73 Å². The molecule has 19 heavy (non-hydrogen) atoms. The van der Waals surface area contributed by atoms with Crippen LogP contribution in [-0.4, -0.2) is 4.57 Å². The molecule has 0 atom stereocenters. The first-order chi connectivity index (χ1) is 9.17. The van der Waals surface area contributed by atoms with Gasteiger partial charge in [0.25, 0.3) is 0 Å². The molecule has 0 radical (unpaired) electrons. The summed E-state index contributed by atoms with van der Waals surface area (Å²) < 4.78 is 2.35. The zero-order chi connectivity index (χ0) is 13.1. The second kappa shape index (κ2) is 3.79. The van der Waals surface area contributed by atoms with Gasteiger partial charge < -0.3 is 10.3 Å². The molecule has 3 nitrogen and oxygen atoms in total. The molecule has 0 spiro atoms. The second-order valence-electron chi connectivity index (χ2n) is 6.99. The zero-order valence-electron chi connectivity index (χ0n) is 11.5. The lowest BCUT2D eigenvalue weighted by atomic mass is 9.54. The Balaban J connectivity index is 1.75. The number of nitrogens with zero attached hydrogens (tertiary/aromatic N) is 2. The molecule has 4 fully saturated rings. The predicted octanol–water partition coefficient (Wildman–Crippen LogP) is 3.25. The van der Waals surface area contributed by atoms with E-state index in [0.29, 0.717) is 17.3 Å². The molecule has 0 aromatic carbocycles. The third-order valence-electron chi connectivity index (χ3n) is 5.93. The Labute approximate surface area is 114 Å². The number of hydrogen-bond donors (Lipinski definition) is 1. The van der Waals surface area contributed by atoms with E-state index in [1.165, 1.54) is 32.1 Å². The fraction of sp³-hybridized carbons (Fsp3) is 0.688. The molecule has 4 aliphatic rings. The number of hydrogen-bond acceptors (Lipinski definition) is 2. The van der Waals surface area contributed by atoms with Crippen LogP contribution in [0.1, 0.15) is 49.4 Å². The van der Waals surface area contributed by atoms with Crippen molar-refractivity contribution in [1.82, 2.24) is 4.57 Å². The van der Waals surface area contributed by atoms with Crippen LogP contribution in [0.4, 0.5) is 5.69 Å². The normalized spacial score (nSPS) is 39.5. The van der Waals surface area contributed by atoms with Gasteiger partial charge in [0.05, 0.1) is 11.3 Å². The molecule has 4 bridgehead atoms. The molecule has 4 saturated carbocycles. The number of rotatable bonds is 1. The molecule has 0 aliphatic heterocycles. The van der Waals surface area contributed by atoms with E-state index in [4.69, 9.17) is 5.73 Å². The highest BCUT2D eigenvalue weighted by molar-refractivity contribution is 5.56. The molecule has 5 rings (SSSR count). The maximum absolute atomic E-state index is 9.22. The molecule has 0 saturated heterocycles. The molecule has 4 aliphatic carbocycles. The van der Waals surface area contributed by atoms with Crippen LogP contribution in [0.2, 0.25) is 0 Å². The average molecular weight is 255 g/mol. The van der Waals surface area contributed by atoms with Gasteiger partial charge in [-0.1, -0.05) is 0 Å². The fourth-order valence-corrected chi connectivity index (χ4v) is 5.45. The van der Waals surface area contributed by atoms with Crippen molar-refractivity contribution in [2.24, 2.45) is 23.7 Å². The first kappa shape index (κ1) is 11.4. The minimum Gasteiger partial charge on any atom is -0.396 e. The van der Waals surface area contributed by atoms with E-state index in [1.807, 2.05) is 6.20 Å². The van der Waals surface area contributed by atoms with Gasteiger partial charge in [0.2, 0.25) is 0 Å². The van der Waals surface area contributed by atoms with Gasteiger partial charge in [-0.2, -0.15) is 5.26 Å². The number of nitrogens with two attached hydrogens (primary N) is 1. The molecular weight excluding hydrogens is 234 g/mol. The highest BCUT2D eigenvalue weighted by atomic mass is 15.0. The largest absolute Gasteiger partial charge is 0.396 e. The summed E-state index contributed by atoms with van der Waals surface area (Å²) in [5.41, 5.74) is 8.43. The van der Waals surface area contributed by atoms with Crippen molar-refractivity contribution in [2.45, 2.75) is 45.1 Å². The summed E-state index contributed by atoms with van der Waals surface area (Å²) in [4.78, 5) is 0. The van der Waals surface area contributed by atoms with Gasteiger partial charge in [-0.15, -0.1) is 0 Å². The number of anilines is 1. The van der Waals surface area contributed by atoms with Crippen molar-refractivity contribution in [3.63, 3.8) is 0 Å². The van der Waals surface area contributed by atoms with E-state index in [-0.39, 0.29) is 0 Å². The maximum Gasteiger partial charge on any atom is 0.103 e. The average Bonchev–Trinajstić information content (AvgIpc) is 2.63. The van der Waals surface area contributed by atoms with Crippen LogP contribution >= 0.6 is 0 Å². The van der Waals surface area contributed by atoms with Crippen molar-refractivity contribution >= 4 is 5.69 Å². The Morgan fingerprint density at radius 3 is 2.21 bits per heavy atom. The molecule has 2 N–H and O–H groups in total. The molecule has 1 aromatic rings. The lowest BCUT2D eigenvalue weighted by Crippen LogP contribution is -2.46. The summed E-state index contributed by atoms with van der Waals surface area (Å²) >= 11 is 0. The summed E-state index contributed by atoms with van der Waals surface area (Å²) in [6, 6.07) is 2.87. The molecule has 0 unspecified atom stereocenters. The smallest absolute Gasteiger partial charge is 0.103 e. The highest BCUT2D eigenvalue weighted by Crippen LogP contribution is 2.58. The lowest BCUT2D eigenvalue weighted by molar-refractivity contribution is -0.0296. The predicted molar refractivity (Wildman–Crippen MR) is 74.4 cm³/mol. The third-order valence-corrected chi connectivity index (χ3v) is 5.93. The Morgan fingerprint density at radius 2 is 1.74 bits per heavy atom. The topological polar surface area (TPSA) is 54.7 Å². The van der Waals surface area contributed by atoms with Gasteiger partial charge >= 0.3 is 0 Å². The van der Waals surface area contributed by atoms with Crippen LogP contribution < -0.4 is 5.73 Å². The molecule has 100 valence electrons. The van der Waals surface area contributed by atoms with Crippen LogP contribution in [-0.2, 0) is 0 Å². The van der Waals surface area contributed by atoms with Crippen molar-refractivity contribution in [1.29, 1.82) is 5.26 Å². The number of aromatic nitrogens is 1. The van der Waals surface area contributed by atoms with Crippen molar-refractivity contribution in [3.8, 4) is 6.07 Å². The van der Waals surface area contributed by atoms with Crippen molar-refractivity contribution in [3.05, 3.63) is 17.5 Å². The Bertz CT molecular complexity index is 535. The van der Waals surface area contributed by atoms with Crippen LogP contribution in [0.15, 0.2) is 6.20 Å². The summed E-state index contributed by atoms with van der Waals surface area (Å²) in [5.74, 6) is 3.63. The van der Waals surface area contributed by atoms with Gasteiger partial charge in [-0.3, -0.25) is 0 Å². The van der Waals surface area contributed by atoms with E-state index in [1.54, 1.807) is 0 Å². The number of nitrogen functional groups attached to an aromatic ring is 1. The van der Waals surface area contributed by atoms with Crippen LogP contribution in [0.25, 0.3) is 0 Å². The van der Waals surface area contributed by atoms with E-state index in [0.717, 1.165) is 29.4 Å². The molecule has 0 amide bonds. The van der Waals surface area contributed by atoms with Gasteiger partial charge in [-0.05, 0) is 62.7 Å². The van der Waals surface area contributed by atoms with Gasteiger partial charge in [0, 0.05) is 17.9 Å². The molecule has 1 aromatic heterocycles. The summed E-state index contributed by atoms with van der Waals surface area (Å²) in [5, 5.41) is 9.22. The summed E-state index contributed by atoms with van der Waals surface area (Å²) in [6.07, 6.45) is 9.11. The van der Waals surface area contributed by atoms with Gasteiger partial charge in [-0.25, -0.2) is 0 Å². The Morgan fingerprint density at radius 1 is 1.16 bits per heavy atom. The zero-order valence-corrected chi connectivity index (χ0v) is 11.5. The van der Waals surface area contributed by atoms with E-state index in [2.05, 4.69) is 17.6 Å². The van der Waals surface area contributed by atoms with Crippen LogP contribution in [0.3, 0.4) is 0 Å². The third kappa shape index (κ3) is 1.49. The first-order valence-corrected chi connectivity index (χ1v) is 7.54. The number of nitriles is 1. The quantitative estimate of drug-likeness (QED) is 0.837. The first-order valence-electron chi connectivity index (χ1n) is 7.54. The summed E-state index contributed by atoms with van der Waals surface area (Å²) in [7, 11) is 0. The highest BCUT2D eigenvalue weighted by Gasteiger charge is 2.49. The standard InChI is InChI=1S/C16H21N3/c1-9-14(7-17)15(18)8-19(9)16-12-3-10-2-11(5-12)6-13(16)4-10/h8,10-13,16H,2-6,18H2,1H3. The van der Waals surface area contributed by atoms with E-state index < -0.39 is 0 Å². The fourth-order valence-electron chi connectivity index (χ4n) is 5.45. The summed E-state index contributed by atoms with van der Waals surface area (Å²) in [6.45, 7) is 2.06. The van der Waals surface area contributed by atoms with Crippen molar-refractivity contribution < 1.29 is 0 Å². The minimum atomic E-state index is 0.609. The molecule has 3 heteroatoms.